The number of carbonyl (C=O) groups is 1. The number of nitrogens with two attached hydrogens (primary N) is 1. The normalized spacial score (nSPS) is 12.7. The van der Waals surface area contributed by atoms with E-state index in [9.17, 15) is 9.90 Å². The molecule has 0 radical (unpaired) electrons. The van der Waals surface area contributed by atoms with Crippen LogP contribution >= 0.6 is 12.4 Å². The zero-order valence-electron chi connectivity index (χ0n) is 10.8. The van der Waals surface area contributed by atoms with E-state index in [-0.39, 0.29) is 36.0 Å². The molecule has 0 saturated carbocycles. The Morgan fingerprint density at radius 1 is 1.39 bits per heavy atom. The highest BCUT2D eigenvalue weighted by Gasteiger charge is 2.28. The van der Waals surface area contributed by atoms with Gasteiger partial charge in [-0.05, 0) is 23.6 Å². The molecule has 0 aromatic heterocycles. The quantitative estimate of drug-likeness (QED) is 0.734. The van der Waals surface area contributed by atoms with Gasteiger partial charge >= 0.3 is 0 Å². The third kappa shape index (κ3) is 3.70. The van der Waals surface area contributed by atoms with Gasteiger partial charge in [0.1, 0.15) is 5.75 Å². The van der Waals surface area contributed by atoms with Gasteiger partial charge in [0, 0.05) is 11.1 Å². The minimum absolute atomic E-state index is 0. The summed E-state index contributed by atoms with van der Waals surface area (Å²) < 4.78 is 0. The third-order valence-electron chi connectivity index (χ3n) is 2.75. The van der Waals surface area contributed by atoms with Gasteiger partial charge in [0.15, 0.2) is 5.78 Å². The maximum atomic E-state index is 12.1. The molecule has 1 atom stereocenters. The number of benzene rings is 1. The summed E-state index contributed by atoms with van der Waals surface area (Å²) in [5.74, 6) is -0.208. The Hall–Kier alpha value is -1.10. The molecule has 0 bridgehead atoms. The van der Waals surface area contributed by atoms with Crippen LogP contribution in [0.25, 0.3) is 0 Å². The Bertz CT molecular complexity index is 427. The molecule has 0 saturated heterocycles. The summed E-state index contributed by atoms with van der Waals surface area (Å²) >= 11 is 0. The molecule has 5 heteroatoms. The fourth-order valence-electron chi connectivity index (χ4n) is 1.44. The number of phenols is 1. The van der Waals surface area contributed by atoms with Crippen LogP contribution in [0.15, 0.2) is 18.2 Å². The molecule has 1 aromatic carbocycles. The molecule has 0 spiro atoms. The van der Waals surface area contributed by atoms with Crippen LogP contribution < -0.4 is 5.73 Å². The second-order valence-corrected chi connectivity index (χ2v) is 5.21. The molecule has 1 aromatic rings. The van der Waals surface area contributed by atoms with Crippen molar-refractivity contribution in [1.29, 1.82) is 0 Å². The number of ketones is 1. The second-order valence-electron chi connectivity index (χ2n) is 5.21. The summed E-state index contributed by atoms with van der Waals surface area (Å²) in [4.78, 5) is 12.1. The first-order valence-corrected chi connectivity index (χ1v) is 5.50. The Morgan fingerprint density at radius 3 is 2.39 bits per heavy atom. The first kappa shape index (κ1) is 16.9. The Morgan fingerprint density at radius 2 is 1.94 bits per heavy atom. The number of rotatable bonds is 3. The molecular weight excluding hydrogens is 254 g/mol. The number of Topliss-reactive ketones (excluding diaryl/α,β-unsaturated/α-hetero) is 1. The largest absolute Gasteiger partial charge is 0.508 e. The van der Waals surface area contributed by atoms with Crippen LogP contribution in [-0.4, -0.2) is 22.0 Å². The summed E-state index contributed by atoms with van der Waals surface area (Å²) in [6.45, 7) is 5.37. The van der Waals surface area contributed by atoms with Crippen molar-refractivity contribution in [2.45, 2.75) is 33.4 Å². The van der Waals surface area contributed by atoms with E-state index in [1.165, 1.54) is 18.2 Å². The van der Waals surface area contributed by atoms with E-state index in [4.69, 9.17) is 10.8 Å². The predicted molar refractivity (Wildman–Crippen MR) is 73.0 cm³/mol. The number of carbonyl (C=O) groups excluding carboxylic acids is 1. The number of aromatic hydroxyl groups is 1. The lowest BCUT2D eigenvalue weighted by Gasteiger charge is -2.25. The lowest BCUT2D eigenvalue weighted by atomic mass is 9.82. The highest BCUT2D eigenvalue weighted by molar-refractivity contribution is 6.00. The molecular formula is C13H20ClNO3. The fraction of sp³-hybridized carbons (Fsp3) is 0.462. The molecule has 1 rings (SSSR count). The van der Waals surface area contributed by atoms with Crippen molar-refractivity contribution in [3.8, 4) is 5.75 Å². The maximum Gasteiger partial charge on any atom is 0.180 e. The van der Waals surface area contributed by atoms with Gasteiger partial charge < -0.3 is 15.9 Å². The van der Waals surface area contributed by atoms with Crippen LogP contribution in [0.4, 0.5) is 0 Å². The summed E-state index contributed by atoms with van der Waals surface area (Å²) in [6.07, 6.45) is 0. The van der Waals surface area contributed by atoms with E-state index in [2.05, 4.69) is 0 Å². The Kier molecular flexibility index (Phi) is 5.80. The van der Waals surface area contributed by atoms with E-state index < -0.39 is 6.04 Å². The number of aliphatic hydroxyl groups excluding tert-OH is 1. The van der Waals surface area contributed by atoms with Gasteiger partial charge in [-0.1, -0.05) is 20.8 Å². The number of aliphatic hydroxyl groups is 1. The topological polar surface area (TPSA) is 83.6 Å². The molecule has 102 valence electrons. The molecule has 0 aliphatic carbocycles. The number of hydrogen-bond acceptors (Lipinski definition) is 4. The Labute approximate surface area is 113 Å². The zero-order chi connectivity index (χ0) is 13.2. The molecule has 0 amide bonds. The molecule has 4 nitrogen and oxygen atoms in total. The average molecular weight is 274 g/mol. The summed E-state index contributed by atoms with van der Waals surface area (Å²) in [5, 5.41) is 18.4. The predicted octanol–water partition coefficient (Wildman–Crippen LogP) is 1.86. The van der Waals surface area contributed by atoms with Gasteiger partial charge in [-0.25, -0.2) is 0 Å². The van der Waals surface area contributed by atoms with Gasteiger partial charge in [-0.2, -0.15) is 0 Å². The monoisotopic (exact) mass is 273 g/mol. The van der Waals surface area contributed by atoms with Crippen LogP contribution in [-0.2, 0) is 6.61 Å². The van der Waals surface area contributed by atoms with Gasteiger partial charge in [0.05, 0.1) is 12.6 Å². The Balaban J connectivity index is 0.00000289. The molecule has 18 heavy (non-hydrogen) atoms. The van der Waals surface area contributed by atoms with E-state index in [0.29, 0.717) is 11.1 Å². The highest BCUT2D eigenvalue weighted by atomic mass is 35.5. The van der Waals surface area contributed by atoms with Crippen LogP contribution in [0.5, 0.6) is 5.75 Å². The summed E-state index contributed by atoms with van der Waals surface area (Å²) in [5.41, 5.74) is 6.30. The third-order valence-corrected chi connectivity index (χ3v) is 2.75. The second kappa shape index (κ2) is 6.18. The molecule has 4 N–H and O–H groups in total. The van der Waals surface area contributed by atoms with Crippen LogP contribution in [0, 0.1) is 5.41 Å². The van der Waals surface area contributed by atoms with Crippen molar-refractivity contribution < 1.29 is 15.0 Å². The first-order valence-electron chi connectivity index (χ1n) is 5.50. The zero-order valence-corrected chi connectivity index (χ0v) is 11.6. The van der Waals surface area contributed by atoms with Gasteiger partial charge in [-0.15, -0.1) is 12.4 Å². The highest BCUT2D eigenvalue weighted by Crippen LogP contribution is 2.24. The van der Waals surface area contributed by atoms with Crippen LogP contribution in [0.2, 0.25) is 0 Å². The van der Waals surface area contributed by atoms with E-state index in [1.54, 1.807) is 0 Å². The average Bonchev–Trinajstić information content (AvgIpc) is 2.26. The molecule has 0 fully saturated rings. The van der Waals surface area contributed by atoms with Crippen molar-refractivity contribution in [3.63, 3.8) is 0 Å². The molecule has 1 unspecified atom stereocenters. The van der Waals surface area contributed by atoms with Crippen LogP contribution in [0.3, 0.4) is 0 Å². The maximum absolute atomic E-state index is 12.1. The standard InChI is InChI=1S/C13H19NO3.ClH/c1-13(2,3)12(14)11(17)8-4-5-10(16)9(6-8)7-15;/h4-6,12,15-16H,7,14H2,1-3H3;1H. The van der Waals surface area contributed by atoms with Crippen molar-refractivity contribution in [3.05, 3.63) is 29.3 Å². The smallest absolute Gasteiger partial charge is 0.180 e. The van der Waals surface area contributed by atoms with Crippen molar-refractivity contribution in [2.24, 2.45) is 11.1 Å². The fourth-order valence-corrected chi connectivity index (χ4v) is 1.44. The first-order chi connectivity index (χ1) is 7.77. The summed E-state index contributed by atoms with van der Waals surface area (Å²) in [7, 11) is 0. The van der Waals surface area contributed by atoms with E-state index >= 15 is 0 Å². The van der Waals surface area contributed by atoms with Gasteiger partial charge in [0.2, 0.25) is 0 Å². The van der Waals surface area contributed by atoms with Crippen molar-refractivity contribution in [2.75, 3.05) is 0 Å². The van der Waals surface area contributed by atoms with E-state index in [1.807, 2.05) is 20.8 Å². The minimum atomic E-state index is -0.612. The minimum Gasteiger partial charge on any atom is -0.508 e. The summed E-state index contributed by atoms with van der Waals surface area (Å²) in [6, 6.07) is 3.78. The molecule has 0 heterocycles. The van der Waals surface area contributed by atoms with Gasteiger partial charge in [0.25, 0.3) is 0 Å². The van der Waals surface area contributed by atoms with Gasteiger partial charge in [-0.3, -0.25) is 4.79 Å². The van der Waals surface area contributed by atoms with Crippen molar-refractivity contribution in [1.82, 2.24) is 0 Å². The van der Waals surface area contributed by atoms with Crippen molar-refractivity contribution >= 4 is 18.2 Å². The molecule has 0 aliphatic rings. The van der Waals surface area contributed by atoms with E-state index in [0.717, 1.165) is 0 Å². The number of halogens is 1. The molecule has 0 aliphatic heterocycles. The SMILES string of the molecule is CC(C)(C)C(N)C(=O)c1ccc(O)c(CO)c1.Cl. The number of hydrogen-bond donors (Lipinski definition) is 3. The van der Waals surface area contributed by atoms with Crippen LogP contribution in [0.1, 0.15) is 36.7 Å². The lowest BCUT2D eigenvalue weighted by molar-refractivity contribution is 0.0901. The lowest BCUT2D eigenvalue weighted by Crippen LogP contribution is -2.42.